The Morgan fingerprint density at radius 3 is 2.33 bits per heavy atom. The largest absolute Gasteiger partial charge is 0.453 e. The molecule has 0 radical (unpaired) electrons. The van der Waals surface area contributed by atoms with Gasteiger partial charge in [-0.1, -0.05) is 18.2 Å². The van der Waals surface area contributed by atoms with Crippen molar-refractivity contribution in [2.45, 2.75) is 10.6 Å². The molecule has 2 N–H and O–H groups in total. The number of nitrogens with one attached hydrogen (secondary N) is 2. The summed E-state index contributed by atoms with van der Waals surface area (Å²) in [5.41, 5.74) is 1.87. The fourth-order valence-electron chi connectivity index (χ4n) is 2.33. The summed E-state index contributed by atoms with van der Waals surface area (Å²) in [5.74, 6) is 0.661. The molecule has 0 spiro atoms. The molecule has 0 aliphatic rings. The van der Waals surface area contributed by atoms with Gasteiger partial charge in [-0.3, -0.25) is 10.1 Å². The number of thioether (sulfide) groups is 1. The fraction of sp³-hybridized carbons (Fsp3) is 0.100. The second-order valence-electron chi connectivity index (χ2n) is 5.51. The molecular formula is C20H18N2O3S2. The van der Waals surface area contributed by atoms with Crippen LogP contribution in [-0.4, -0.2) is 19.1 Å². The molecule has 27 heavy (non-hydrogen) atoms. The van der Waals surface area contributed by atoms with Gasteiger partial charge in [0, 0.05) is 26.9 Å². The van der Waals surface area contributed by atoms with Gasteiger partial charge in [-0.15, -0.1) is 23.1 Å². The third kappa shape index (κ3) is 5.35. The smallest absolute Gasteiger partial charge is 0.411 e. The molecule has 138 valence electrons. The highest BCUT2D eigenvalue weighted by Gasteiger charge is 2.12. The van der Waals surface area contributed by atoms with E-state index in [9.17, 15) is 9.59 Å². The Balaban J connectivity index is 1.66. The first-order valence-corrected chi connectivity index (χ1v) is 10.0. The summed E-state index contributed by atoms with van der Waals surface area (Å²) < 4.78 is 4.55. The maximum absolute atomic E-state index is 12.7. The lowest BCUT2D eigenvalue weighted by atomic mass is 10.2. The zero-order chi connectivity index (χ0) is 19.1. The average molecular weight is 399 g/mol. The molecule has 1 aromatic heterocycles. The summed E-state index contributed by atoms with van der Waals surface area (Å²) in [6.07, 6.45) is -0.538. The van der Waals surface area contributed by atoms with Gasteiger partial charge in [0.25, 0.3) is 5.91 Å². The molecule has 0 saturated carbocycles. The predicted molar refractivity (Wildman–Crippen MR) is 111 cm³/mol. The first-order valence-electron chi connectivity index (χ1n) is 8.16. The van der Waals surface area contributed by atoms with Gasteiger partial charge >= 0.3 is 6.09 Å². The number of benzene rings is 2. The summed E-state index contributed by atoms with van der Waals surface area (Å²) in [7, 11) is 1.30. The van der Waals surface area contributed by atoms with Gasteiger partial charge in [-0.2, -0.15) is 0 Å². The highest BCUT2D eigenvalue weighted by molar-refractivity contribution is 7.98. The second-order valence-corrected chi connectivity index (χ2v) is 7.56. The number of hydrogen-bond acceptors (Lipinski definition) is 5. The third-order valence-corrected chi connectivity index (χ3v) is 5.84. The third-order valence-electron chi connectivity index (χ3n) is 3.66. The van der Waals surface area contributed by atoms with Crippen molar-refractivity contribution >= 4 is 46.5 Å². The molecule has 3 aromatic rings. The van der Waals surface area contributed by atoms with E-state index in [2.05, 4.69) is 21.4 Å². The Morgan fingerprint density at radius 2 is 1.67 bits per heavy atom. The van der Waals surface area contributed by atoms with E-state index in [0.717, 1.165) is 10.6 Å². The van der Waals surface area contributed by atoms with Crippen LogP contribution in [-0.2, 0) is 10.5 Å². The number of thiophene rings is 1. The Morgan fingerprint density at radius 1 is 0.963 bits per heavy atom. The summed E-state index contributed by atoms with van der Waals surface area (Å²) >= 11 is 3.35. The molecule has 0 fully saturated rings. The number of rotatable bonds is 6. The van der Waals surface area contributed by atoms with E-state index >= 15 is 0 Å². The highest BCUT2D eigenvalue weighted by atomic mass is 32.2. The van der Waals surface area contributed by atoms with E-state index in [4.69, 9.17) is 0 Å². The van der Waals surface area contributed by atoms with Gasteiger partial charge in [0.05, 0.1) is 12.7 Å². The molecule has 2 amide bonds. The van der Waals surface area contributed by atoms with Crippen molar-refractivity contribution in [3.63, 3.8) is 0 Å². The van der Waals surface area contributed by atoms with Crippen molar-refractivity contribution in [3.8, 4) is 0 Å². The number of methoxy groups -OCH3 is 1. The zero-order valence-electron chi connectivity index (χ0n) is 14.6. The summed E-state index contributed by atoms with van der Waals surface area (Å²) in [5, 5.41) is 7.51. The lowest BCUT2D eigenvalue weighted by molar-refractivity contribution is 0.102. The van der Waals surface area contributed by atoms with Crippen LogP contribution in [0.2, 0.25) is 0 Å². The van der Waals surface area contributed by atoms with E-state index in [-0.39, 0.29) is 5.91 Å². The number of carbonyl (C=O) groups excluding carboxylic acids is 2. The van der Waals surface area contributed by atoms with Crippen LogP contribution in [0.1, 0.15) is 15.2 Å². The van der Waals surface area contributed by atoms with Crippen LogP contribution in [0.5, 0.6) is 0 Å². The molecule has 3 rings (SSSR count). The average Bonchev–Trinajstić information content (AvgIpc) is 3.21. The Labute approximate surface area is 165 Å². The van der Waals surface area contributed by atoms with Gasteiger partial charge in [0.1, 0.15) is 0 Å². The van der Waals surface area contributed by atoms with Crippen LogP contribution in [0.4, 0.5) is 16.2 Å². The molecule has 0 bridgehead atoms. The first-order chi connectivity index (χ1) is 13.2. The summed E-state index contributed by atoms with van der Waals surface area (Å²) in [4.78, 5) is 26.1. The molecule has 0 aliphatic heterocycles. The molecule has 0 aliphatic carbocycles. The van der Waals surface area contributed by atoms with E-state index in [1.165, 1.54) is 12.0 Å². The number of amides is 2. The molecule has 1 heterocycles. The monoisotopic (exact) mass is 398 g/mol. The van der Waals surface area contributed by atoms with Crippen LogP contribution in [0, 0.1) is 0 Å². The van der Waals surface area contributed by atoms with Crippen molar-refractivity contribution < 1.29 is 14.3 Å². The van der Waals surface area contributed by atoms with Crippen molar-refractivity contribution in [3.05, 3.63) is 76.5 Å². The van der Waals surface area contributed by atoms with Gasteiger partial charge in [0.2, 0.25) is 0 Å². The summed E-state index contributed by atoms with van der Waals surface area (Å²) in [6, 6.07) is 18.5. The Hall–Kier alpha value is -2.77. The lowest BCUT2D eigenvalue weighted by Crippen LogP contribution is -2.13. The van der Waals surface area contributed by atoms with Gasteiger partial charge in [-0.05, 0) is 47.8 Å². The maximum Gasteiger partial charge on any atom is 0.411 e. The van der Waals surface area contributed by atoms with Crippen molar-refractivity contribution in [1.29, 1.82) is 0 Å². The molecule has 7 heteroatoms. The molecule has 2 aromatic carbocycles. The van der Waals surface area contributed by atoms with Gasteiger partial charge in [-0.25, -0.2) is 4.79 Å². The quantitative estimate of drug-likeness (QED) is 0.540. The lowest BCUT2D eigenvalue weighted by Gasteiger charge is -2.10. The fourth-order valence-corrected chi connectivity index (χ4v) is 4.15. The summed E-state index contributed by atoms with van der Waals surface area (Å²) in [6.45, 7) is 0. The molecule has 5 nitrogen and oxygen atoms in total. The van der Waals surface area contributed by atoms with Crippen LogP contribution < -0.4 is 10.6 Å². The normalized spacial score (nSPS) is 10.3. The van der Waals surface area contributed by atoms with Crippen molar-refractivity contribution in [2.24, 2.45) is 0 Å². The van der Waals surface area contributed by atoms with E-state index in [1.54, 1.807) is 47.4 Å². The van der Waals surface area contributed by atoms with Crippen molar-refractivity contribution in [1.82, 2.24) is 0 Å². The standard InChI is InChI=1S/C20H18N2O3S2/c1-25-20(24)22-15-10-8-14(9-11-15)21-19(23)17-6-2-3-7-18(17)27-13-16-5-4-12-26-16/h2-12H,13H2,1H3,(H,21,23)(H,22,24). The SMILES string of the molecule is COC(=O)Nc1ccc(NC(=O)c2ccccc2SCc2cccs2)cc1. The van der Waals surface area contributed by atoms with Crippen LogP contribution in [0.3, 0.4) is 0 Å². The predicted octanol–water partition coefficient (Wildman–Crippen LogP) is 5.47. The number of ether oxygens (including phenoxy) is 1. The van der Waals surface area contributed by atoms with Crippen molar-refractivity contribution in [2.75, 3.05) is 17.7 Å². The minimum Gasteiger partial charge on any atom is -0.453 e. The number of hydrogen-bond donors (Lipinski definition) is 2. The maximum atomic E-state index is 12.7. The van der Waals surface area contributed by atoms with E-state index in [0.29, 0.717) is 16.9 Å². The number of anilines is 2. The van der Waals surface area contributed by atoms with E-state index in [1.807, 2.05) is 35.7 Å². The van der Waals surface area contributed by atoms with Crippen LogP contribution in [0.25, 0.3) is 0 Å². The Bertz CT molecular complexity index is 909. The molecular weight excluding hydrogens is 380 g/mol. The molecule has 0 saturated heterocycles. The highest BCUT2D eigenvalue weighted by Crippen LogP contribution is 2.28. The van der Waals surface area contributed by atoms with Gasteiger partial charge in [0.15, 0.2) is 0 Å². The van der Waals surface area contributed by atoms with E-state index < -0.39 is 6.09 Å². The van der Waals surface area contributed by atoms with Crippen LogP contribution in [0.15, 0.2) is 70.9 Å². The minimum absolute atomic E-state index is 0.169. The molecule has 0 atom stereocenters. The minimum atomic E-state index is -0.538. The topological polar surface area (TPSA) is 67.4 Å². The number of carbonyl (C=O) groups is 2. The Kier molecular flexibility index (Phi) is 6.51. The molecule has 0 unspecified atom stereocenters. The first kappa shape index (κ1) is 19.0. The van der Waals surface area contributed by atoms with Crippen LogP contribution >= 0.6 is 23.1 Å². The zero-order valence-corrected chi connectivity index (χ0v) is 16.2. The second kappa shape index (κ2) is 9.25. The van der Waals surface area contributed by atoms with Gasteiger partial charge < -0.3 is 10.1 Å².